The van der Waals surface area contributed by atoms with Crippen LogP contribution < -0.4 is 5.32 Å². The molecule has 5 nitrogen and oxygen atoms in total. The third kappa shape index (κ3) is 2.55. The van der Waals surface area contributed by atoms with Gasteiger partial charge in [0, 0.05) is 19.3 Å². The number of hydrogen-bond donors (Lipinski definition) is 2. The summed E-state index contributed by atoms with van der Waals surface area (Å²) in [4.78, 5) is 11.2. The van der Waals surface area contributed by atoms with Crippen LogP contribution >= 0.6 is 0 Å². The number of aliphatic hydroxyl groups is 1. The summed E-state index contributed by atoms with van der Waals surface area (Å²) in [6.07, 6.45) is 1.71. The normalized spacial score (nSPS) is 11.4. The molecule has 0 unspecified atom stereocenters. The van der Waals surface area contributed by atoms with Gasteiger partial charge >= 0.3 is 0 Å². The second-order valence-corrected chi connectivity index (χ2v) is 3.39. The number of amides is 1. The van der Waals surface area contributed by atoms with E-state index in [0.29, 0.717) is 5.82 Å². The summed E-state index contributed by atoms with van der Waals surface area (Å²) < 4.78 is 1.57. The average molecular weight is 183 g/mol. The molecule has 0 aliphatic heterocycles. The highest BCUT2D eigenvalue weighted by atomic mass is 16.3. The zero-order chi connectivity index (χ0) is 10.1. The standard InChI is InChI=1S/C8H13N3O2/c1-8(2,13)7(12)9-6-4-5-11(3)10-6/h4-5,13H,1-3H3,(H,9,10,12). The fraction of sp³-hybridized carbons (Fsp3) is 0.500. The van der Waals surface area contributed by atoms with Crippen molar-refractivity contribution < 1.29 is 9.90 Å². The van der Waals surface area contributed by atoms with Gasteiger partial charge in [-0.05, 0) is 13.8 Å². The Morgan fingerprint density at radius 3 is 2.69 bits per heavy atom. The molecule has 5 heteroatoms. The summed E-state index contributed by atoms with van der Waals surface area (Å²) in [7, 11) is 1.75. The van der Waals surface area contributed by atoms with Crippen molar-refractivity contribution in [3.05, 3.63) is 12.3 Å². The molecule has 2 N–H and O–H groups in total. The Kier molecular flexibility index (Phi) is 2.38. The van der Waals surface area contributed by atoms with Gasteiger partial charge in [-0.3, -0.25) is 9.48 Å². The molecular formula is C8H13N3O2. The number of rotatable bonds is 2. The molecule has 1 aromatic rings. The Labute approximate surface area is 76.4 Å². The fourth-order valence-electron chi connectivity index (χ4n) is 0.751. The van der Waals surface area contributed by atoms with Crippen molar-refractivity contribution in [1.82, 2.24) is 9.78 Å². The molecule has 13 heavy (non-hydrogen) atoms. The highest BCUT2D eigenvalue weighted by Crippen LogP contribution is 2.07. The van der Waals surface area contributed by atoms with E-state index in [9.17, 15) is 9.90 Å². The Balaban J connectivity index is 2.65. The molecule has 0 bridgehead atoms. The van der Waals surface area contributed by atoms with Crippen molar-refractivity contribution in [3.63, 3.8) is 0 Å². The molecule has 0 saturated carbocycles. The Hall–Kier alpha value is -1.36. The van der Waals surface area contributed by atoms with E-state index in [-0.39, 0.29) is 0 Å². The number of anilines is 1. The largest absolute Gasteiger partial charge is 0.381 e. The van der Waals surface area contributed by atoms with Crippen LogP contribution in [0.5, 0.6) is 0 Å². The van der Waals surface area contributed by atoms with Crippen LogP contribution in [-0.2, 0) is 11.8 Å². The van der Waals surface area contributed by atoms with E-state index in [2.05, 4.69) is 10.4 Å². The maximum Gasteiger partial charge on any atom is 0.256 e. The van der Waals surface area contributed by atoms with E-state index in [1.165, 1.54) is 13.8 Å². The van der Waals surface area contributed by atoms with Crippen LogP contribution in [0.25, 0.3) is 0 Å². The zero-order valence-corrected chi connectivity index (χ0v) is 7.90. The lowest BCUT2D eigenvalue weighted by Crippen LogP contribution is -2.36. The summed E-state index contributed by atoms with van der Waals surface area (Å²) >= 11 is 0. The minimum absolute atomic E-state index is 0.439. The predicted molar refractivity (Wildman–Crippen MR) is 48.1 cm³/mol. The number of hydrogen-bond acceptors (Lipinski definition) is 3. The van der Waals surface area contributed by atoms with Gasteiger partial charge in [0.25, 0.3) is 5.91 Å². The Morgan fingerprint density at radius 1 is 1.69 bits per heavy atom. The molecule has 1 heterocycles. The molecule has 0 fully saturated rings. The summed E-state index contributed by atoms with van der Waals surface area (Å²) in [5, 5.41) is 15.7. The fourth-order valence-corrected chi connectivity index (χ4v) is 0.751. The SMILES string of the molecule is Cn1ccc(NC(=O)C(C)(C)O)n1. The van der Waals surface area contributed by atoms with Crippen LogP contribution in [0.1, 0.15) is 13.8 Å². The van der Waals surface area contributed by atoms with Gasteiger partial charge in [-0.2, -0.15) is 5.10 Å². The molecule has 0 saturated heterocycles. The first kappa shape index (κ1) is 9.73. The van der Waals surface area contributed by atoms with Crippen molar-refractivity contribution in [3.8, 4) is 0 Å². The predicted octanol–water partition coefficient (Wildman–Crippen LogP) is 0.129. The van der Waals surface area contributed by atoms with Gasteiger partial charge < -0.3 is 10.4 Å². The van der Waals surface area contributed by atoms with Gasteiger partial charge in [0.1, 0.15) is 5.60 Å². The molecule has 0 aromatic carbocycles. The number of carbonyl (C=O) groups excluding carboxylic acids is 1. The highest BCUT2D eigenvalue weighted by molar-refractivity contribution is 5.95. The Morgan fingerprint density at radius 2 is 2.31 bits per heavy atom. The molecular weight excluding hydrogens is 170 g/mol. The average Bonchev–Trinajstić information content (AvgIpc) is 2.33. The van der Waals surface area contributed by atoms with Crippen LogP contribution in [0.2, 0.25) is 0 Å². The summed E-state index contributed by atoms with van der Waals surface area (Å²) in [6.45, 7) is 2.84. The molecule has 72 valence electrons. The number of nitrogens with one attached hydrogen (secondary N) is 1. The molecule has 0 aliphatic rings. The van der Waals surface area contributed by atoms with Gasteiger partial charge in [-0.25, -0.2) is 0 Å². The maximum absolute atomic E-state index is 11.2. The second-order valence-electron chi connectivity index (χ2n) is 3.39. The van der Waals surface area contributed by atoms with Crippen LogP contribution in [-0.4, -0.2) is 26.4 Å². The van der Waals surface area contributed by atoms with Gasteiger partial charge in [0.15, 0.2) is 5.82 Å². The van der Waals surface area contributed by atoms with Crippen LogP contribution in [0.3, 0.4) is 0 Å². The van der Waals surface area contributed by atoms with Crippen LogP contribution in [0.4, 0.5) is 5.82 Å². The third-order valence-corrected chi connectivity index (χ3v) is 1.51. The lowest BCUT2D eigenvalue weighted by molar-refractivity contribution is -0.130. The summed E-state index contributed by atoms with van der Waals surface area (Å²) in [5.74, 6) is -0.0270. The number of aromatic nitrogens is 2. The van der Waals surface area contributed by atoms with E-state index >= 15 is 0 Å². The molecule has 1 aromatic heterocycles. The highest BCUT2D eigenvalue weighted by Gasteiger charge is 2.24. The van der Waals surface area contributed by atoms with Gasteiger partial charge in [-0.1, -0.05) is 0 Å². The topological polar surface area (TPSA) is 67.2 Å². The van der Waals surface area contributed by atoms with E-state index in [0.717, 1.165) is 0 Å². The molecule has 0 spiro atoms. The number of nitrogens with zero attached hydrogens (tertiary/aromatic N) is 2. The summed E-state index contributed by atoms with van der Waals surface area (Å²) in [5.41, 5.74) is -1.38. The minimum Gasteiger partial charge on any atom is -0.381 e. The van der Waals surface area contributed by atoms with Crippen molar-refractivity contribution in [2.24, 2.45) is 7.05 Å². The zero-order valence-electron chi connectivity index (χ0n) is 7.90. The number of aryl methyl sites for hydroxylation is 1. The first-order valence-electron chi connectivity index (χ1n) is 3.93. The minimum atomic E-state index is -1.38. The molecule has 0 aliphatic carbocycles. The molecule has 1 rings (SSSR count). The van der Waals surface area contributed by atoms with Gasteiger partial charge in [0.05, 0.1) is 0 Å². The third-order valence-electron chi connectivity index (χ3n) is 1.51. The molecule has 0 radical (unpaired) electrons. The van der Waals surface area contributed by atoms with Crippen LogP contribution in [0, 0.1) is 0 Å². The quantitative estimate of drug-likeness (QED) is 0.684. The lowest BCUT2D eigenvalue weighted by atomic mass is 10.1. The van der Waals surface area contributed by atoms with Crippen molar-refractivity contribution in [2.75, 3.05) is 5.32 Å². The Bertz CT molecular complexity index is 311. The van der Waals surface area contributed by atoms with E-state index in [1.54, 1.807) is 24.0 Å². The van der Waals surface area contributed by atoms with Crippen molar-refractivity contribution in [1.29, 1.82) is 0 Å². The first-order chi connectivity index (χ1) is 5.89. The first-order valence-corrected chi connectivity index (χ1v) is 3.93. The summed E-state index contributed by atoms with van der Waals surface area (Å²) in [6, 6.07) is 1.66. The lowest BCUT2D eigenvalue weighted by Gasteiger charge is -2.14. The van der Waals surface area contributed by atoms with E-state index < -0.39 is 11.5 Å². The smallest absolute Gasteiger partial charge is 0.256 e. The molecule has 0 atom stereocenters. The van der Waals surface area contributed by atoms with E-state index in [1.807, 2.05) is 0 Å². The van der Waals surface area contributed by atoms with E-state index in [4.69, 9.17) is 0 Å². The monoisotopic (exact) mass is 183 g/mol. The molecule has 1 amide bonds. The second kappa shape index (κ2) is 3.18. The van der Waals surface area contributed by atoms with Crippen molar-refractivity contribution in [2.45, 2.75) is 19.4 Å². The van der Waals surface area contributed by atoms with Gasteiger partial charge in [0.2, 0.25) is 0 Å². The maximum atomic E-state index is 11.2. The van der Waals surface area contributed by atoms with Gasteiger partial charge in [-0.15, -0.1) is 0 Å². The van der Waals surface area contributed by atoms with Crippen molar-refractivity contribution >= 4 is 11.7 Å². The number of carbonyl (C=O) groups is 1. The van der Waals surface area contributed by atoms with Crippen LogP contribution in [0.15, 0.2) is 12.3 Å².